The van der Waals surface area contributed by atoms with Crippen LogP contribution in [0.4, 0.5) is 0 Å². The van der Waals surface area contributed by atoms with E-state index in [4.69, 9.17) is 0 Å². The maximum Gasteiger partial charge on any atom is 0.255 e. The molecule has 138 valence electrons. The Kier molecular flexibility index (Phi) is 4.25. The third-order valence-corrected chi connectivity index (χ3v) is 4.67. The number of hydrogen-bond acceptors (Lipinski definition) is 7. The summed E-state index contributed by atoms with van der Waals surface area (Å²) in [6.45, 7) is 1.23. The zero-order valence-electron chi connectivity index (χ0n) is 14.4. The molecule has 4 N–H and O–H groups in total. The lowest BCUT2D eigenvalue weighted by Crippen LogP contribution is -2.35. The molecule has 0 unspecified atom stereocenters. The Morgan fingerprint density at radius 1 is 1.11 bits per heavy atom. The fourth-order valence-corrected chi connectivity index (χ4v) is 3.28. The summed E-state index contributed by atoms with van der Waals surface area (Å²) in [4.78, 5) is 25.9. The Bertz CT molecular complexity index is 1030. The van der Waals surface area contributed by atoms with E-state index in [0.717, 1.165) is 11.3 Å². The van der Waals surface area contributed by atoms with E-state index < -0.39 is 0 Å². The predicted molar refractivity (Wildman–Crippen MR) is 97.3 cm³/mol. The van der Waals surface area contributed by atoms with Crippen molar-refractivity contribution in [3.63, 3.8) is 0 Å². The van der Waals surface area contributed by atoms with Crippen LogP contribution in [0.3, 0.4) is 0 Å². The van der Waals surface area contributed by atoms with Gasteiger partial charge in [0.25, 0.3) is 5.56 Å². The van der Waals surface area contributed by atoms with Crippen molar-refractivity contribution in [3.8, 4) is 28.6 Å². The van der Waals surface area contributed by atoms with Crippen LogP contribution in [0.25, 0.3) is 11.4 Å². The number of nitrogens with one attached hydrogen (secondary N) is 1. The van der Waals surface area contributed by atoms with Crippen LogP contribution in [-0.4, -0.2) is 41.7 Å². The van der Waals surface area contributed by atoms with E-state index in [9.17, 15) is 20.1 Å². The van der Waals surface area contributed by atoms with Gasteiger partial charge in [0, 0.05) is 61.7 Å². The highest BCUT2D eigenvalue weighted by molar-refractivity contribution is 5.54. The number of H-pyrrole nitrogens is 1. The van der Waals surface area contributed by atoms with E-state index in [1.807, 2.05) is 4.90 Å². The summed E-state index contributed by atoms with van der Waals surface area (Å²) in [5, 5.41) is 29.4. The van der Waals surface area contributed by atoms with Gasteiger partial charge < -0.3 is 20.3 Å². The summed E-state index contributed by atoms with van der Waals surface area (Å²) in [7, 11) is 0. The number of phenols is 3. The number of aromatic nitrogens is 3. The molecule has 0 amide bonds. The molecule has 1 aromatic carbocycles. The number of nitrogens with zero attached hydrogens (tertiary/aromatic N) is 3. The van der Waals surface area contributed by atoms with E-state index in [1.165, 1.54) is 12.1 Å². The minimum atomic E-state index is -0.206. The van der Waals surface area contributed by atoms with Crippen molar-refractivity contribution in [1.29, 1.82) is 0 Å². The minimum Gasteiger partial charge on any atom is -0.508 e. The molecule has 4 rings (SSSR count). The first-order valence-electron chi connectivity index (χ1n) is 8.50. The molecule has 0 aliphatic carbocycles. The Hall–Kier alpha value is -3.39. The summed E-state index contributed by atoms with van der Waals surface area (Å²) in [6, 6.07) is 5.94. The number of aromatic amines is 1. The molecular formula is C19H18N4O4. The number of aromatic hydroxyl groups is 3. The number of benzene rings is 1. The summed E-state index contributed by atoms with van der Waals surface area (Å²) in [5.74, 6) is -0.0535. The van der Waals surface area contributed by atoms with E-state index in [2.05, 4.69) is 15.0 Å². The van der Waals surface area contributed by atoms with Gasteiger partial charge in [0.15, 0.2) is 0 Å². The Balaban J connectivity index is 1.60. The average Bonchev–Trinajstić information content (AvgIpc) is 2.65. The predicted octanol–water partition coefficient (Wildman–Crippen LogP) is 1.51. The Morgan fingerprint density at radius 3 is 2.52 bits per heavy atom. The smallest absolute Gasteiger partial charge is 0.255 e. The summed E-state index contributed by atoms with van der Waals surface area (Å²) in [5.41, 5.74) is 2.24. The molecule has 0 bridgehead atoms. The van der Waals surface area contributed by atoms with Gasteiger partial charge in [-0.05, 0) is 12.1 Å². The second-order valence-electron chi connectivity index (χ2n) is 6.50. The van der Waals surface area contributed by atoms with Gasteiger partial charge in [0.2, 0.25) is 0 Å². The van der Waals surface area contributed by atoms with Crippen LogP contribution in [0.2, 0.25) is 0 Å². The van der Waals surface area contributed by atoms with Crippen molar-refractivity contribution >= 4 is 0 Å². The van der Waals surface area contributed by atoms with Gasteiger partial charge in [-0.3, -0.25) is 14.7 Å². The lowest BCUT2D eigenvalue weighted by atomic mass is 10.0. The topological polar surface area (TPSA) is 123 Å². The molecule has 0 atom stereocenters. The molecule has 3 aromatic rings. The Morgan fingerprint density at radius 2 is 1.81 bits per heavy atom. The molecule has 0 saturated heterocycles. The largest absolute Gasteiger partial charge is 0.508 e. The molecule has 0 spiro atoms. The van der Waals surface area contributed by atoms with Crippen molar-refractivity contribution in [2.24, 2.45) is 0 Å². The second kappa shape index (κ2) is 6.73. The zero-order chi connectivity index (χ0) is 19.0. The SMILES string of the molecule is O=c1[nH]c(-c2ccncc2)nc2c1CN(Cc1c(O)cc(O)cc1O)CC2. The summed E-state index contributed by atoms with van der Waals surface area (Å²) < 4.78 is 0. The van der Waals surface area contributed by atoms with E-state index >= 15 is 0 Å². The molecule has 8 nitrogen and oxygen atoms in total. The normalized spacial score (nSPS) is 14.1. The van der Waals surface area contributed by atoms with Crippen molar-refractivity contribution in [2.75, 3.05) is 6.54 Å². The first-order chi connectivity index (χ1) is 13.0. The molecule has 2 aromatic heterocycles. The quantitative estimate of drug-likeness (QED) is 0.554. The summed E-state index contributed by atoms with van der Waals surface area (Å²) >= 11 is 0. The maximum atomic E-state index is 12.6. The van der Waals surface area contributed by atoms with Gasteiger partial charge in [-0.1, -0.05) is 0 Å². The van der Waals surface area contributed by atoms with E-state index in [0.29, 0.717) is 36.5 Å². The number of fused-ring (bicyclic) bond motifs is 1. The van der Waals surface area contributed by atoms with Crippen molar-refractivity contribution in [3.05, 3.63) is 63.8 Å². The number of rotatable bonds is 3. The van der Waals surface area contributed by atoms with Crippen molar-refractivity contribution in [1.82, 2.24) is 19.9 Å². The highest BCUT2D eigenvalue weighted by Gasteiger charge is 2.23. The van der Waals surface area contributed by atoms with Gasteiger partial charge in [-0.25, -0.2) is 4.98 Å². The van der Waals surface area contributed by atoms with Crippen LogP contribution < -0.4 is 5.56 Å². The van der Waals surface area contributed by atoms with Gasteiger partial charge in [0.1, 0.15) is 23.1 Å². The monoisotopic (exact) mass is 366 g/mol. The van der Waals surface area contributed by atoms with Gasteiger partial charge in [-0.15, -0.1) is 0 Å². The van der Waals surface area contributed by atoms with Crippen LogP contribution in [0, 0.1) is 0 Å². The van der Waals surface area contributed by atoms with Crippen LogP contribution in [0.5, 0.6) is 17.2 Å². The molecule has 0 fully saturated rings. The number of pyridine rings is 1. The van der Waals surface area contributed by atoms with Gasteiger partial charge in [-0.2, -0.15) is 0 Å². The fourth-order valence-electron chi connectivity index (χ4n) is 3.28. The van der Waals surface area contributed by atoms with Crippen LogP contribution >= 0.6 is 0 Å². The van der Waals surface area contributed by atoms with Crippen LogP contribution in [-0.2, 0) is 19.5 Å². The zero-order valence-corrected chi connectivity index (χ0v) is 14.4. The first kappa shape index (κ1) is 17.0. The standard InChI is InChI=1S/C19H18N4O4/c24-12-7-16(25)14(17(26)8-12)10-23-6-3-15-13(9-23)19(27)22-18(21-15)11-1-4-20-5-2-11/h1-2,4-5,7-8,24-26H,3,6,9-10H2,(H,21,22,27). The minimum absolute atomic E-state index is 0.182. The van der Waals surface area contributed by atoms with Crippen molar-refractivity contribution in [2.45, 2.75) is 19.5 Å². The fraction of sp³-hybridized carbons (Fsp3) is 0.211. The van der Waals surface area contributed by atoms with Gasteiger partial charge >= 0.3 is 0 Å². The molecular weight excluding hydrogens is 348 g/mol. The third kappa shape index (κ3) is 3.34. The highest BCUT2D eigenvalue weighted by atomic mass is 16.3. The molecule has 0 radical (unpaired) electrons. The Labute approximate surface area is 154 Å². The molecule has 3 heterocycles. The van der Waals surface area contributed by atoms with Crippen molar-refractivity contribution < 1.29 is 15.3 Å². The molecule has 1 aliphatic rings. The molecule has 0 saturated carbocycles. The third-order valence-electron chi connectivity index (χ3n) is 4.67. The van der Waals surface area contributed by atoms with E-state index in [1.54, 1.807) is 24.5 Å². The maximum absolute atomic E-state index is 12.6. The summed E-state index contributed by atoms with van der Waals surface area (Å²) in [6.07, 6.45) is 3.87. The van der Waals surface area contributed by atoms with Crippen LogP contribution in [0.15, 0.2) is 41.5 Å². The van der Waals surface area contributed by atoms with E-state index in [-0.39, 0.29) is 29.4 Å². The second-order valence-corrected chi connectivity index (χ2v) is 6.50. The number of hydrogen-bond donors (Lipinski definition) is 4. The lowest BCUT2D eigenvalue weighted by Gasteiger charge is -2.28. The number of phenolic OH excluding ortho intramolecular Hbond substituents is 3. The van der Waals surface area contributed by atoms with Crippen LogP contribution in [0.1, 0.15) is 16.8 Å². The molecule has 1 aliphatic heterocycles. The highest BCUT2D eigenvalue weighted by Crippen LogP contribution is 2.33. The first-order valence-corrected chi connectivity index (χ1v) is 8.50. The lowest BCUT2D eigenvalue weighted by molar-refractivity contribution is 0.235. The molecule has 27 heavy (non-hydrogen) atoms. The average molecular weight is 366 g/mol. The van der Waals surface area contributed by atoms with Gasteiger partial charge in [0.05, 0.1) is 11.3 Å². The molecule has 8 heteroatoms.